The van der Waals surface area contributed by atoms with Gasteiger partial charge < -0.3 is 4.90 Å². The number of anilines is 1. The Bertz CT molecular complexity index is 1430. The van der Waals surface area contributed by atoms with E-state index >= 15 is 0 Å². The third-order valence-electron chi connectivity index (χ3n) is 6.44. The molecule has 0 aliphatic carbocycles. The number of hydrogen-bond donors (Lipinski definition) is 0. The summed E-state index contributed by atoms with van der Waals surface area (Å²) in [5, 5.41) is -0.594. The van der Waals surface area contributed by atoms with Crippen LogP contribution in [0.4, 0.5) is 5.69 Å². The Labute approximate surface area is 229 Å². The fourth-order valence-corrected chi connectivity index (χ4v) is 5.96. The van der Waals surface area contributed by atoms with E-state index in [0.29, 0.717) is 5.69 Å². The van der Waals surface area contributed by atoms with Crippen molar-refractivity contribution >= 4 is 85.7 Å². The van der Waals surface area contributed by atoms with Crippen LogP contribution < -0.4 is 4.90 Å². The number of hydrogen-bond acceptors (Lipinski definition) is 3. The first kappa shape index (κ1) is 24.6. The molecule has 0 spiro atoms. The second kappa shape index (κ2) is 8.79. The monoisotopic (exact) mass is 610 g/mol. The van der Waals surface area contributed by atoms with Gasteiger partial charge in [0, 0.05) is 10.2 Å². The normalized spacial score (nSPS) is 19.3. The molecule has 35 heavy (non-hydrogen) atoms. The molecular formula is C25H15BrCl4N2O3. The summed E-state index contributed by atoms with van der Waals surface area (Å²) in [6, 6.07) is 11.3. The topological polar surface area (TPSA) is 57.7 Å². The molecule has 0 bridgehead atoms. The van der Waals surface area contributed by atoms with Crippen LogP contribution in [-0.4, -0.2) is 28.7 Å². The van der Waals surface area contributed by atoms with Crippen molar-refractivity contribution in [2.24, 2.45) is 0 Å². The van der Waals surface area contributed by atoms with E-state index in [1.54, 1.807) is 4.90 Å². The van der Waals surface area contributed by atoms with Crippen molar-refractivity contribution in [3.8, 4) is 0 Å². The molecule has 10 heteroatoms. The van der Waals surface area contributed by atoms with Crippen LogP contribution in [0.2, 0.25) is 20.1 Å². The third-order valence-corrected chi connectivity index (χ3v) is 8.73. The van der Waals surface area contributed by atoms with Crippen molar-refractivity contribution in [3.05, 3.63) is 94.8 Å². The average molecular weight is 613 g/mol. The molecule has 178 valence electrons. The number of nitrogens with zero attached hydrogens (tertiary/aromatic N) is 2. The average Bonchev–Trinajstić information content (AvgIpc) is 3.07. The van der Waals surface area contributed by atoms with Crippen molar-refractivity contribution in [2.45, 2.75) is 25.9 Å². The zero-order valence-corrected chi connectivity index (χ0v) is 22.8. The predicted molar refractivity (Wildman–Crippen MR) is 141 cm³/mol. The maximum absolute atomic E-state index is 13.6. The lowest BCUT2D eigenvalue weighted by molar-refractivity contribution is -0.130. The Balaban J connectivity index is 1.65. The minimum atomic E-state index is -1.11. The van der Waals surface area contributed by atoms with Crippen LogP contribution in [-0.2, 0) is 4.79 Å². The molecule has 2 aliphatic heterocycles. The molecule has 3 aromatic carbocycles. The molecule has 3 amide bonds. The van der Waals surface area contributed by atoms with E-state index in [9.17, 15) is 14.4 Å². The number of benzene rings is 3. The van der Waals surface area contributed by atoms with Crippen molar-refractivity contribution in [2.75, 3.05) is 4.90 Å². The summed E-state index contributed by atoms with van der Waals surface area (Å²) in [4.78, 5) is 43.1. The van der Waals surface area contributed by atoms with Gasteiger partial charge in [0.15, 0.2) is 0 Å². The Kier molecular flexibility index (Phi) is 6.17. The Morgan fingerprint density at radius 3 is 1.86 bits per heavy atom. The van der Waals surface area contributed by atoms with Gasteiger partial charge in [0.25, 0.3) is 17.7 Å². The van der Waals surface area contributed by atoms with Crippen LogP contribution in [0.15, 0.2) is 46.9 Å². The first-order valence-corrected chi connectivity index (χ1v) is 12.7. The lowest BCUT2D eigenvalue weighted by Gasteiger charge is -2.50. The molecule has 1 fully saturated rings. The summed E-state index contributed by atoms with van der Waals surface area (Å²) >= 11 is 28.4. The van der Waals surface area contributed by atoms with Crippen molar-refractivity contribution < 1.29 is 14.4 Å². The van der Waals surface area contributed by atoms with Crippen LogP contribution in [0.5, 0.6) is 0 Å². The Morgan fingerprint density at radius 2 is 1.31 bits per heavy atom. The molecule has 3 aromatic rings. The van der Waals surface area contributed by atoms with E-state index in [1.807, 2.05) is 56.3 Å². The molecular weight excluding hydrogens is 598 g/mol. The molecule has 0 radical (unpaired) electrons. The van der Waals surface area contributed by atoms with Crippen molar-refractivity contribution in [3.63, 3.8) is 0 Å². The lowest BCUT2D eigenvalue weighted by atomic mass is 9.86. The molecule has 0 aromatic heterocycles. The number of fused-ring (bicyclic) bond motifs is 1. The number of β-lactam (4-membered cyclic amide) rings is 1. The van der Waals surface area contributed by atoms with E-state index in [2.05, 4.69) is 15.9 Å². The highest BCUT2D eigenvalue weighted by Crippen LogP contribution is 2.49. The van der Waals surface area contributed by atoms with Gasteiger partial charge in [-0.2, -0.15) is 0 Å². The minimum absolute atomic E-state index is 0.125. The predicted octanol–water partition coefficient (Wildman–Crippen LogP) is 7.43. The fraction of sp³-hybridized carbons (Fsp3) is 0.160. The zero-order chi connectivity index (χ0) is 25.3. The fourth-order valence-electron chi connectivity index (χ4n) is 4.53. The number of imide groups is 1. The Hall–Kier alpha value is -2.09. The van der Waals surface area contributed by atoms with Gasteiger partial charge in [0.05, 0.1) is 37.3 Å². The van der Waals surface area contributed by atoms with E-state index in [-0.39, 0.29) is 31.2 Å². The number of rotatable bonds is 3. The number of carbonyl (C=O) groups is 3. The largest absolute Gasteiger partial charge is 0.300 e. The van der Waals surface area contributed by atoms with Gasteiger partial charge in [-0.3, -0.25) is 19.3 Å². The van der Waals surface area contributed by atoms with Crippen LogP contribution in [0.1, 0.15) is 43.4 Å². The molecule has 0 saturated carbocycles. The van der Waals surface area contributed by atoms with E-state index in [0.717, 1.165) is 26.1 Å². The number of halogens is 5. The van der Waals surface area contributed by atoms with Crippen LogP contribution in [0.25, 0.3) is 0 Å². The molecule has 2 heterocycles. The molecule has 5 rings (SSSR count). The number of carbonyl (C=O) groups excluding carboxylic acids is 3. The summed E-state index contributed by atoms with van der Waals surface area (Å²) in [6.45, 7) is 3.94. The maximum Gasteiger partial charge on any atom is 0.264 e. The number of amides is 3. The van der Waals surface area contributed by atoms with Gasteiger partial charge in [0.1, 0.15) is 6.04 Å². The van der Waals surface area contributed by atoms with Crippen molar-refractivity contribution in [1.29, 1.82) is 0 Å². The zero-order valence-electron chi connectivity index (χ0n) is 18.2. The second-order valence-corrected chi connectivity index (χ2v) is 10.8. The second-order valence-electron chi connectivity index (χ2n) is 8.41. The number of aryl methyl sites for hydroxylation is 2. The van der Waals surface area contributed by atoms with Gasteiger partial charge in [0.2, 0.25) is 0 Å². The molecule has 2 atom stereocenters. The van der Waals surface area contributed by atoms with Gasteiger partial charge >= 0.3 is 0 Å². The van der Waals surface area contributed by atoms with Crippen LogP contribution >= 0.6 is 62.3 Å². The SMILES string of the molecule is Cc1ccc(N2C(=O)[C@@H](N3C(=O)c4c(Cl)c(Cl)c(Cl)c(Cl)c4C3=O)[C@H]2c2cccc(Br)c2)cc1C. The van der Waals surface area contributed by atoms with Crippen molar-refractivity contribution in [1.82, 2.24) is 4.90 Å². The molecule has 0 unspecified atom stereocenters. The first-order chi connectivity index (χ1) is 16.5. The highest BCUT2D eigenvalue weighted by Gasteiger charge is 2.58. The minimum Gasteiger partial charge on any atom is -0.300 e. The first-order valence-electron chi connectivity index (χ1n) is 10.4. The molecule has 0 N–H and O–H groups in total. The summed E-state index contributed by atoms with van der Waals surface area (Å²) in [7, 11) is 0. The third kappa shape index (κ3) is 3.61. The van der Waals surface area contributed by atoms with E-state index < -0.39 is 29.8 Å². The Morgan fingerprint density at radius 1 is 0.714 bits per heavy atom. The van der Waals surface area contributed by atoms with Gasteiger partial charge in [-0.15, -0.1) is 0 Å². The summed E-state index contributed by atoms with van der Waals surface area (Å²) in [5.74, 6) is -1.89. The molecule has 5 nitrogen and oxygen atoms in total. The highest BCUT2D eigenvalue weighted by molar-refractivity contribution is 9.10. The standard InChI is InChI=1S/C25H15BrCl4N2O3/c1-10-6-7-14(8-11(10)2)31-21(12-4-3-5-13(26)9-12)22(25(31)35)32-23(33)15-16(24(32)34)18(28)20(30)19(29)17(15)27/h3-9,21-22H,1-2H3/t21-,22+/m1/s1. The van der Waals surface area contributed by atoms with E-state index in [1.165, 1.54) is 0 Å². The van der Waals surface area contributed by atoms with Crippen LogP contribution in [0.3, 0.4) is 0 Å². The summed E-state index contributed by atoms with van der Waals surface area (Å²) < 4.78 is 0.792. The lowest BCUT2D eigenvalue weighted by Crippen LogP contribution is -2.67. The van der Waals surface area contributed by atoms with Gasteiger partial charge in [-0.25, -0.2) is 0 Å². The van der Waals surface area contributed by atoms with E-state index in [4.69, 9.17) is 46.4 Å². The van der Waals surface area contributed by atoms with Crippen LogP contribution in [0, 0.1) is 13.8 Å². The molecule has 1 saturated heterocycles. The van der Waals surface area contributed by atoms with Gasteiger partial charge in [-0.05, 0) is 54.8 Å². The summed E-state index contributed by atoms with van der Waals surface area (Å²) in [5.41, 5.74) is 3.19. The van der Waals surface area contributed by atoms with Gasteiger partial charge in [-0.1, -0.05) is 80.5 Å². The highest BCUT2D eigenvalue weighted by atomic mass is 79.9. The summed E-state index contributed by atoms with van der Waals surface area (Å²) in [6.07, 6.45) is 0. The maximum atomic E-state index is 13.6. The smallest absolute Gasteiger partial charge is 0.264 e. The molecule has 2 aliphatic rings. The quantitative estimate of drug-likeness (QED) is 0.134.